The number of halogens is 2. The first-order valence-electron chi connectivity index (χ1n) is 3.80. The van der Waals surface area contributed by atoms with Crippen LogP contribution in [-0.2, 0) is 0 Å². The van der Waals surface area contributed by atoms with Crippen LogP contribution in [-0.4, -0.2) is 22.9 Å². The highest BCUT2D eigenvalue weighted by atomic mass is 19.2. The van der Waals surface area contributed by atoms with E-state index in [-0.39, 0.29) is 5.46 Å². The van der Waals surface area contributed by atoms with Crippen molar-refractivity contribution < 1.29 is 23.6 Å². The molecule has 0 aliphatic rings. The second-order valence-electron chi connectivity index (χ2n) is 2.76. The van der Waals surface area contributed by atoms with Crippen LogP contribution in [0.5, 0.6) is 0 Å². The molecule has 0 saturated carbocycles. The van der Waals surface area contributed by atoms with Gasteiger partial charge in [-0.15, -0.1) is 0 Å². The van der Waals surface area contributed by atoms with E-state index in [1.54, 1.807) is 0 Å². The van der Waals surface area contributed by atoms with Gasteiger partial charge in [-0.2, -0.15) is 0 Å². The predicted octanol–water partition coefficient (Wildman–Crippen LogP) is -0.153. The number of benzene rings is 1. The molecule has 0 fully saturated rings. The molecule has 0 aliphatic heterocycles. The molecule has 0 saturated heterocycles. The van der Waals surface area contributed by atoms with Gasteiger partial charge in [0.15, 0.2) is 17.4 Å². The zero-order valence-corrected chi connectivity index (χ0v) is 7.29. The van der Waals surface area contributed by atoms with Gasteiger partial charge < -0.3 is 10.0 Å². The molecule has 14 heavy (non-hydrogen) atoms. The van der Waals surface area contributed by atoms with Crippen LogP contribution >= 0.6 is 0 Å². The minimum Gasteiger partial charge on any atom is -0.423 e. The number of hydrogen-bond donors (Lipinski definition) is 2. The van der Waals surface area contributed by atoms with Crippen LogP contribution in [0.3, 0.4) is 0 Å². The van der Waals surface area contributed by atoms with E-state index in [1.165, 1.54) is 0 Å². The van der Waals surface area contributed by atoms with Gasteiger partial charge in [-0.1, -0.05) is 6.07 Å². The molecule has 0 spiro atoms. The molecule has 0 atom stereocenters. The van der Waals surface area contributed by atoms with Crippen molar-refractivity contribution in [3.8, 4) is 0 Å². The summed E-state index contributed by atoms with van der Waals surface area (Å²) in [5, 5.41) is 17.6. The van der Waals surface area contributed by atoms with Gasteiger partial charge in [0.25, 0.3) is 0 Å². The summed E-state index contributed by atoms with van der Waals surface area (Å²) in [5.74, 6) is -3.31. The molecule has 1 aromatic carbocycles. The molecule has 0 unspecified atom stereocenters. The fraction of sp³-hybridized carbons (Fsp3) is 0.125. The standard InChI is InChI=1S/C8H7BF2O3/c1-4(12)7-5(9(13)14)2-3-6(10)8(7)11/h2-3,13-14H,1H3. The Labute approximate surface area is 79.1 Å². The Morgan fingerprint density at radius 1 is 1.36 bits per heavy atom. The summed E-state index contributed by atoms with van der Waals surface area (Å²) in [6, 6.07) is 1.69. The van der Waals surface area contributed by atoms with E-state index < -0.39 is 30.1 Å². The third-order valence-electron chi connectivity index (χ3n) is 1.76. The van der Waals surface area contributed by atoms with Crippen molar-refractivity contribution in [3.63, 3.8) is 0 Å². The summed E-state index contributed by atoms with van der Waals surface area (Å²) in [5.41, 5.74) is -0.962. The van der Waals surface area contributed by atoms with E-state index >= 15 is 0 Å². The SMILES string of the molecule is CC(=O)c1c(B(O)O)ccc(F)c1F. The zero-order chi connectivity index (χ0) is 10.9. The van der Waals surface area contributed by atoms with E-state index in [1.807, 2.05) is 0 Å². The van der Waals surface area contributed by atoms with Gasteiger partial charge in [-0.3, -0.25) is 4.79 Å². The van der Waals surface area contributed by atoms with E-state index in [0.29, 0.717) is 0 Å². The van der Waals surface area contributed by atoms with Crippen LogP contribution in [0, 0.1) is 11.6 Å². The first kappa shape index (κ1) is 10.8. The van der Waals surface area contributed by atoms with Gasteiger partial charge in [0, 0.05) is 0 Å². The third kappa shape index (κ3) is 1.81. The molecule has 2 N–H and O–H groups in total. The van der Waals surface area contributed by atoms with Crippen LogP contribution in [0.4, 0.5) is 8.78 Å². The van der Waals surface area contributed by atoms with Crippen LogP contribution in [0.1, 0.15) is 17.3 Å². The molecular formula is C8H7BF2O3. The van der Waals surface area contributed by atoms with Crippen molar-refractivity contribution in [3.05, 3.63) is 29.3 Å². The predicted molar refractivity (Wildman–Crippen MR) is 46.2 cm³/mol. The molecule has 0 heterocycles. The quantitative estimate of drug-likeness (QED) is 0.515. The van der Waals surface area contributed by atoms with Crippen molar-refractivity contribution >= 4 is 18.4 Å². The number of rotatable bonds is 2. The maximum atomic E-state index is 13.1. The number of ketones is 1. The maximum absolute atomic E-state index is 13.1. The molecule has 0 aromatic heterocycles. The molecule has 1 aromatic rings. The Balaban J connectivity index is 3.45. The Hall–Kier alpha value is -1.27. The lowest BCUT2D eigenvalue weighted by Crippen LogP contribution is -2.35. The second kappa shape index (κ2) is 3.85. The summed E-state index contributed by atoms with van der Waals surface area (Å²) < 4.78 is 25.7. The Bertz CT molecular complexity index is 379. The van der Waals surface area contributed by atoms with Gasteiger partial charge in [0.2, 0.25) is 0 Å². The van der Waals surface area contributed by atoms with Crippen molar-refractivity contribution in [2.45, 2.75) is 6.92 Å². The topological polar surface area (TPSA) is 57.5 Å². The smallest absolute Gasteiger partial charge is 0.423 e. The summed E-state index contributed by atoms with van der Waals surface area (Å²) in [7, 11) is -2.00. The number of carbonyl (C=O) groups excluding carboxylic acids is 1. The van der Waals surface area contributed by atoms with Crippen molar-refractivity contribution in [1.82, 2.24) is 0 Å². The molecule has 74 valence electrons. The highest BCUT2D eigenvalue weighted by molar-refractivity contribution is 6.60. The average molecular weight is 200 g/mol. The number of carbonyl (C=O) groups is 1. The lowest BCUT2D eigenvalue weighted by molar-refractivity contribution is 0.101. The normalized spacial score (nSPS) is 10.1. The Morgan fingerprint density at radius 2 is 1.93 bits per heavy atom. The van der Waals surface area contributed by atoms with Gasteiger partial charge in [0.05, 0.1) is 5.56 Å². The van der Waals surface area contributed by atoms with Crippen molar-refractivity contribution in [2.75, 3.05) is 0 Å². The minimum absolute atomic E-state index is 0.337. The second-order valence-corrected chi connectivity index (χ2v) is 2.76. The number of Topliss-reactive ketones (excluding diaryl/α,β-unsaturated/α-hetero) is 1. The Kier molecular flexibility index (Phi) is 2.98. The monoisotopic (exact) mass is 200 g/mol. The highest BCUT2D eigenvalue weighted by Gasteiger charge is 2.23. The maximum Gasteiger partial charge on any atom is 0.489 e. The van der Waals surface area contributed by atoms with Crippen molar-refractivity contribution in [1.29, 1.82) is 0 Å². The molecular weight excluding hydrogens is 193 g/mol. The Morgan fingerprint density at radius 3 is 2.36 bits per heavy atom. The van der Waals surface area contributed by atoms with E-state index in [9.17, 15) is 13.6 Å². The van der Waals surface area contributed by atoms with Gasteiger partial charge >= 0.3 is 7.12 Å². The molecule has 0 radical (unpaired) electrons. The summed E-state index contributed by atoms with van der Waals surface area (Å²) in [6.07, 6.45) is 0. The summed E-state index contributed by atoms with van der Waals surface area (Å²) in [6.45, 7) is 1.02. The van der Waals surface area contributed by atoms with E-state index in [2.05, 4.69) is 0 Å². The molecule has 6 heteroatoms. The lowest BCUT2D eigenvalue weighted by Gasteiger charge is -2.07. The van der Waals surface area contributed by atoms with Gasteiger partial charge in [0.1, 0.15) is 0 Å². The zero-order valence-electron chi connectivity index (χ0n) is 7.29. The fourth-order valence-corrected chi connectivity index (χ4v) is 1.14. The first-order valence-corrected chi connectivity index (χ1v) is 3.80. The summed E-state index contributed by atoms with van der Waals surface area (Å²) in [4.78, 5) is 10.9. The van der Waals surface area contributed by atoms with E-state index in [0.717, 1.165) is 19.1 Å². The number of hydrogen-bond acceptors (Lipinski definition) is 3. The molecule has 0 aliphatic carbocycles. The fourth-order valence-electron chi connectivity index (χ4n) is 1.14. The molecule has 0 amide bonds. The first-order chi connectivity index (χ1) is 6.45. The van der Waals surface area contributed by atoms with Crippen molar-refractivity contribution in [2.24, 2.45) is 0 Å². The van der Waals surface area contributed by atoms with Crippen LogP contribution in [0.2, 0.25) is 0 Å². The average Bonchev–Trinajstić information content (AvgIpc) is 2.08. The summed E-state index contributed by atoms with van der Waals surface area (Å²) >= 11 is 0. The van der Waals surface area contributed by atoms with Gasteiger partial charge in [-0.05, 0) is 18.5 Å². The largest absolute Gasteiger partial charge is 0.489 e. The third-order valence-corrected chi connectivity index (χ3v) is 1.76. The van der Waals surface area contributed by atoms with Crippen LogP contribution in [0.15, 0.2) is 12.1 Å². The van der Waals surface area contributed by atoms with Gasteiger partial charge in [-0.25, -0.2) is 8.78 Å². The molecule has 3 nitrogen and oxygen atoms in total. The highest BCUT2D eigenvalue weighted by Crippen LogP contribution is 2.10. The minimum atomic E-state index is -2.00. The molecule has 0 bridgehead atoms. The van der Waals surface area contributed by atoms with E-state index in [4.69, 9.17) is 10.0 Å². The van der Waals surface area contributed by atoms with Crippen LogP contribution < -0.4 is 5.46 Å². The lowest BCUT2D eigenvalue weighted by atomic mass is 9.76. The van der Waals surface area contributed by atoms with Crippen LogP contribution in [0.25, 0.3) is 0 Å². The molecule has 1 rings (SSSR count).